The van der Waals surface area contributed by atoms with E-state index < -0.39 is 35.2 Å². The summed E-state index contributed by atoms with van der Waals surface area (Å²) in [5.74, 6) is -2.11. The monoisotopic (exact) mass is 696 g/mol. The predicted molar refractivity (Wildman–Crippen MR) is 188 cm³/mol. The number of nitrogens with zero attached hydrogens (tertiary/aromatic N) is 5. The van der Waals surface area contributed by atoms with Crippen LogP contribution in [0.15, 0.2) is 66.4 Å². The first kappa shape index (κ1) is 41.0. The smallest absolute Gasteiger partial charge is 0.386 e. The summed E-state index contributed by atoms with van der Waals surface area (Å²) in [6.45, 7) is 8.87. The third kappa shape index (κ3) is 11.2. The van der Waals surface area contributed by atoms with Crippen molar-refractivity contribution in [3.8, 4) is 11.8 Å². The minimum absolute atomic E-state index is 0.0124. The fourth-order valence-electron chi connectivity index (χ4n) is 5.06. The molecular weight excluding hydrogens is 649 g/mol. The molecule has 1 heterocycles. The normalized spacial score (nSPS) is 12.8. The molecule has 0 radical (unpaired) electrons. The van der Waals surface area contributed by atoms with E-state index in [-0.39, 0.29) is 28.9 Å². The van der Waals surface area contributed by atoms with Crippen LogP contribution in [-0.4, -0.2) is 84.6 Å². The second-order valence-corrected chi connectivity index (χ2v) is 11.6. The van der Waals surface area contributed by atoms with Crippen molar-refractivity contribution in [1.29, 1.82) is 5.26 Å². The largest absolute Gasteiger partial charge is 0.416 e. The van der Waals surface area contributed by atoms with Crippen LogP contribution in [0.1, 0.15) is 57.4 Å². The number of benzene rings is 2. The molecule has 3 rings (SSSR count). The predicted octanol–water partition coefficient (Wildman–Crippen LogP) is 5.30. The molecule has 270 valence electrons. The molecule has 2 atom stereocenters. The van der Waals surface area contributed by atoms with Gasteiger partial charge in [-0.1, -0.05) is 33.3 Å². The topological polar surface area (TPSA) is 135 Å². The van der Waals surface area contributed by atoms with Gasteiger partial charge in [-0.3, -0.25) is 14.4 Å². The minimum Gasteiger partial charge on any atom is -0.386 e. The van der Waals surface area contributed by atoms with Crippen LogP contribution in [0.3, 0.4) is 0 Å². The fourth-order valence-corrected chi connectivity index (χ4v) is 5.06. The van der Waals surface area contributed by atoms with Gasteiger partial charge in [0.25, 0.3) is 11.8 Å². The zero-order valence-electron chi connectivity index (χ0n) is 29.9. The average Bonchev–Trinajstić information content (AvgIpc) is 3.58. The summed E-state index contributed by atoms with van der Waals surface area (Å²) in [5, 5.41) is 21.4. The lowest BCUT2D eigenvalue weighted by Crippen LogP contribution is -2.48. The number of hydrogen-bond donors (Lipinski definition) is 3. The number of alkyl halides is 3. The molecule has 14 heteroatoms. The summed E-state index contributed by atoms with van der Waals surface area (Å²) in [7, 11) is 7.07. The maximum Gasteiger partial charge on any atom is 0.416 e. The van der Waals surface area contributed by atoms with Gasteiger partial charge in [-0.15, -0.1) is 0 Å². The Morgan fingerprint density at radius 2 is 1.68 bits per heavy atom. The molecule has 11 nitrogen and oxygen atoms in total. The second-order valence-electron chi connectivity index (χ2n) is 11.6. The molecule has 0 aliphatic rings. The zero-order valence-corrected chi connectivity index (χ0v) is 29.9. The van der Waals surface area contributed by atoms with E-state index in [0.29, 0.717) is 17.8 Å². The molecule has 3 N–H and O–H groups in total. The van der Waals surface area contributed by atoms with Crippen molar-refractivity contribution in [3.63, 3.8) is 0 Å². The van der Waals surface area contributed by atoms with Crippen LogP contribution in [0.5, 0.6) is 0 Å². The van der Waals surface area contributed by atoms with Crippen LogP contribution in [0.25, 0.3) is 11.4 Å². The lowest BCUT2D eigenvalue weighted by atomic mass is 10.0. The van der Waals surface area contributed by atoms with Crippen LogP contribution in [0, 0.1) is 17.2 Å². The molecular formula is C36H47F3N8O3. The van der Waals surface area contributed by atoms with Gasteiger partial charge in [0.05, 0.1) is 40.5 Å². The van der Waals surface area contributed by atoms with Crippen molar-refractivity contribution in [2.75, 3.05) is 46.6 Å². The van der Waals surface area contributed by atoms with Gasteiger partial charge in [0, 0.05) is 26.3 Å². The second kappa shape index (κ2) is 19.1. The Bertz CT molecular complexity index is 1660. The van der Waals surface area contributed by atoms with Crippen LogP contribution in [0.2, 0.25) is 0 Å². The zero-order chi connectivity index (χ0) is 37.6. The Kier molecular flexibility index (Phi) is 15.7. The molecule has 50 heavy (non-hydrogen) atoms. The molecule has 0 aliphatic carbocycles. The molecule has 1 unspecified atom stereocenters. The van der Waals surface area contributed by atoms with Crippen LogP contribution in [0.4, 0.5) is 18.9 Å². The maximum atomic E-state index is 13.9. The molecule has 0 aliphatic heterocycles. The first-order chi connectivity index (χ1) is 23.7. The summed E-state index contributed by atoms with van der Waals surface area (Å²) in [6, 6.07) is 13.0. The number of halogens is 3. The van der Waals surface area contributed by atoms with Gasteiger partial charge in [-0.05, 0) is 88.4 Å². The van der Waals surface area contributed by atoms with E-state index in [1.165, 1.54) is 37.0 Å². The van der Waals surface area contributed by atoms with Crippen LogP contribution >= 0.6 is 0 Å². The van der Waals surface area contributed by atoms with Gasteiger partial charge in [-0.25, -0.2) is 4.68 Å². The first-order valence-electron chi connectivity index (χ1n) is 16.4. The molecule has 3 amide bonds. The van der Waals surface area contributed by atoms with E-state index >= 15 is 0 Å². The SMILES string of the molecule is CC.CCC(CCN(C)C)CN(C)C(=O)[C@H](C)NC(=O)/C(C(=O)Nc1cccc(C(F)(F)F)c1)=C(/NC)c1ccnn1-c1ccc(C#N)cc1. The number of hydrogen-bond acceptors (Lipinski definition) is 7. The van der Waals surface area contributed by atoms with Crippen molar-refractivity contribution >= 4 is 29.1 Å². The Balaban J connectivity index is 0.00000425. The fraction of sp³-hybridized carbons (Fsp3) is 0.417. The van der Waals surface area contributed by atoms with E-state index in [0.717, 1.165) is 37.6 Å². The number of rotatable bonds is 14. The molecule has 0 saturated heterocycles. The third-order valence-corrected chi connectivity index (χ3v) is 7.73. The average molecular weight is 697 g/mol. The van der Waals surface area contributed by atoms with E-state index in [4.69, 9.17) is 0 Å². The van der Waals surface area contributed by atoms with Gasteiger partial charge in [-0.2, -0.15) is 23.5 Å². The number of likely N-dealkylation sites (N-methyl/N-ethyl adjacent to an activating group) is 1. The highest BCUT2D eigenvalue weighted by atomic mass is 19.4. The van der Waals surface area contributed by atoms with Crippen molar-refractivity contribution in [2.24, 2.45) is 5.92 Å². The van der Waals surface area contributed by atoms with Gasteiger partial charge in [0.15, 0.2) is 0 Å². The van der Waals surface area contributed by atoms with E-state index in [9.17, 15) is 32.8 Å². The van der Waals surface area contributed by atoms with Crippen LogP contribution < -0.4 is 16.0 Å². The quantitative estimate of drug-likeness (QED) is 0.118. The lowest BCUT2D eigenvalue weighted by molar-refractivity contribution is -0.137. The Morgan fingerprint density at radius 3 is 2.24 bits per heavy atom. The summed E-state index contributed by atoms with van der Waals surface area (Å²) in [4.78, 5) is 44.7. The molecule has 1 aromatic heterocycles. The number of nitrogens with one attached hydrogen (secondary N) is 3. The van der Waals surface area contributed by atoms with Gasteiger partial charge in [0.2, 0.25) is 5.91 Å². The highest BCUT2D eigenvalue weighted by molar-refractivity contribution is 6.27. The Morgan fingerprint density at radius 1 is 1.02 bits per heavy atom. The van der Waals surface area contributed by atoms with E-state index in [1.54, 1.807) is 36.2 Å². The van der Waals surface area contributed by atoms with Gasteiger partial charge < -0.3 is 25.8 Å². The standard InChI is InChI=1S/C34H41F3N8O3.C2H6/c1-7-23(16-18-43(4)5)21-44(6)33(48)22(2)41-31(46)29(32(47)42-26-10-8-9-25(19-26)34(35,36)37)30(39-3)28-15-17-40-45(28)27-13-11-24(20-38)12-14-27;1-2/h8-15,17,19,22-23,39H,7,16,18,21H2,1-6H3,(H,41,46)(H,42,47);1-2H3/b30-29-;/t22-,23?;/m0./s1. The molecule has 0 saturated carbocycles. The lowest BCUT2D eigenvalue weighted by Gasteiger charge is -2.27. The Labute approximate surface area is 292 Å². The molecule has 0 spiro atoms. The van der Waals surface area contributed by atoms with Gasteiger partial charge in [0.1, 0.15) is 11.6 Å². The summed E-state index contributed by atoms with van der Waals surface area (Å²) < 4.78 is 41.7. The first-order valence-corrected chi connectivity index (χ1v) is 16.4. The third-order valence-electron chi connectivity index (χ3n) is 7.73. The van der Waals surface area contributed by atoms with Gasteiger partial charge >= 0.3 is 6.18 Å². The molecule has 0 fully saturated rings. The van der Waals surface area contributed by atoms with Crippen molar-refractivity contribution in [1.82, 2.24) is 30.2 Å². The van der Waals surface area contributed by atoms with Crippen LogP contribution in [-0.2, 0) is 20.6 Å². The number of aromatic nitrogens is 2. The number of nitriles is 1. The molecule has 0 bridgehead atoms. The highest BCUT2D eigenvalue weighted by Crippen LogP contribution is 2.31. The number of anilines is 1. The number of amides is 3. The molecule has 3 aromatic rings. The molecule has 2 aromatic carbocycles. The Hall–Kier alpha value is -5.16. The van der Waals surface area contributed by atoms with E-state index in [1.807, 2.05) is 40.9 Å². The van der Waals surface area contributed by atoms with Crippen molar-refractivity contribution in [3.05, 3.63) is 83.2 Å². The summed E-state index contributed by atoms with van der Waals surface area (Å²) in [6.07, 6.45) is -1.49. The number of carbonyl (C=O) groups is 3. The highest BCUT2D eigenvalue weighted by Gasteiger charge is 2.32. The van der Waals surface area contributed by atoms with Crippen molar-refractivity contribution in [2.45, 2.75) is 52.8 Å². The maximum absolute atomic E-state index is 13.9. The summed E-state index contributed by atoms with van der Waals surface area (Å²) in [5.41, 5.74) is -0.515. The number of carbonyl (C=O) groups excluding carboxylic acids is 3. The minimum atomic E-state index is -4.66. The summed E-state index contributed by atoms with van der Waals surface area (Å²) >= 11 is 0. The van der Waals surface area contributed by atoms with E-state index in [2.05, 4.69) is 25.9 Å². The van der Waals surface area contributed by atoms with Crippen molar-refractivity contribution < 1.29 is 27.6 Å².